The summed E-state index contributed by atoms with van der Waals surface area (Å²) in [6, 6.07) is 10.7. The maximum absolute atomic E-state index is 13.2. The number of halogens is 4. The maximum atomic E-state index is 13.2. The molecule has 1 amide bonds. The SMILES string of the molecule is CC(c1ccc(Cl)cc1)n1c(Oc2cccc(C(F)(F)F)c2)nc2c1C(=O)N(C)C(O)N2C. The summed E-state index contributed by atoms with van der Waals surface area (Å²) in [5.41, 5.74) is 0.0180. The average molecular weight is 481 g/mol. The van der Waals surface area contributed by atoms with Crippen molar-refractivity contribution in [2.75, 3.05) is 19.0 Å². The Morgan fingerprint density at radius 1 is 1.12 bits per heavy atom. The Hall–Kier alpha value is -3.24. The fourth-order valence-electron chi connectivity index (χ4n) is 3.65. The number of hydrogen-bond acceptors (Lipinski definition) is 5. The molecule has 174 valence electrons. The van der Waals surface area contributed by atoms with Gasteiger partial charge in [-0.15, -0.1) is 0 Å². The first-order valence-electron chi connectivity index (χ1n) is 9.90. The van der Waals surface area contributed by atoms with Crippen molar-refractivity contribution in [1.29, 1.82) is 0 Å². The third-order valence-corrected chi connectivity index (χ3v) is 5.77. The molecule has 2 aromatic carbocycles. The van der Waals surface area contributed by atoms with Gasteiger partial charge in [-0.05, 0) is 42.8 Å². The Labute approximate surface area is 192 Å². The predicted molar refractivity (Wildman–Crippen MR) is 116 cm³/mol. The van der Waals surface area contributed by atoms with Crippen LogP contribution < -0.4 is 9.64 Å². The lowest BCUT2D eigenvalue weighted by Gasteiger charge is -2.36. The standard InChI is InChI=1S/C22H20ClF3N4O3/c1-12(13-7-9-15(23)10-8-13)30-17-18(28(2)21(32)29(3)19(17)31)27-20(30)33-16-6-4-5-14(11-16)22(24,25)26/h4-12,21,32H,1-3H3. The van der Waals surface area contributed by atoms with Crippen LogP contribution in [-0.2, 0) is 6.18 Å². The Balaban J connectivity index is 1.86. The molecule has 3 aromatic rings. The van der Waals surface area contributed by atoms with Crippen LogP contribution >= 0.6 is 11.6 Å². The van der Waals surface area contributed by atoms with Gasteiger partial charge in [-0.3, -0.25) is 14.3 Å². The number of aromatic nitrogens is 2. The summed E-state index contributed by atoms with van der Waals surface area (Å²) >= 11 is 5.99. The number of anilines is 1. The first kappa shape index (κ1) is 22.9. The van der Waals surface area contributed by atoms with E-state index in [2.05, 4.69) is 4.98 Å². The lowest BCUT2D eigenvalue weighted by molar-refractivity contribution is -0.137. The molecule has 0 spiro atoms. The van der Waals surface area contributed by atoms with Gasteiger partial charge in [-0.1, -0.05) is 29.8 Å². The van der Waals surface area contributed by atoms with Gasteiger partial charge in [-0.2, -0.15) is 18.2 Å². The molecule has 0 aliphatic carbocycles. The number of hydrogen-bond donors (Lipinski definition) is 1. The number of imidazole rings is 1. The topological polar surface area (TPSA) is 70.8 Å². The molecule has 0 bridgehead atoms. The molecule has 1 aliphatic rings. The van der Waals surface area contributed by atoms with Crippen LogP contribution in [0.25, 0.3) is 0 Å². The molecule has 1 aliphatic heterocycles. The Morgan fingerprint density at radius 2 is 1.79 bits per heavy atom. The highest BCUT2D eigenvalue weighted by atomic mass is 35.5. The van der Waals surface area contributed by atoms with Crippen molar-refractivity contribution in [1.82, 2.24) is 14.5 Å². The fourth-order valence-corrected chi connectivity index (χ4v) is 3.78. The van der Waals surface area contributed by atoms with Crippen molar-refractivity contribution in [3.05, 3.63) is 70.4 Å². The molecule has 2 unspecified atom stereocenters. The third-order valence-electron chi connectivity index (χ3n) is 5.52. The molecule has 0 saturated carbocycles. The molecule has 11 heteroatoms. The number of nitrogens with zero attached hydrogens (tertiary/aromatic N) is 4. The number of aliphatic hydroxyl groups excluding tert-OH is 1. The maximum Gasteiger partial charge on any atom is 0.416 e. The van der Waals surface area contributed by atoms with E-state index in [-0.39, 0.29) is 23.3 Å². The summed E-state index contributed by atoms with van der Waals surface area (Å²) in [5, 5.41) is 10.9. The highest BCUT2D eigenvalue weighted by Crippen LogP contribution is 2.39. The van der Waals surface area contributed by atoms with Gasteiger partial charge in [0.15, 0.2) is 11.5 Å². The number of rotatable bonds is 4. The smallest absolute Gasteiger partial charge is 0.416 e. The highest BCUT2D eigenvalue weighted by Gasteiger charge is 2.40. The number of fused-ring (bicyclic) bond motifs is 1. The second-order valence-corrected chi connectivity index (χ2v) is 8.10. The summed E-state index contributed by atoms with van der Waals surface area (Å²) in [5.74, 6) is -0.461. The van der Waals surface area contributed by atoms with Crippen LogP contribution in [0.15, 0.2) is 48.5 Å². The first-order valence-corrected chi connectivity index (χ1v) is 10.3. The molecule has 7 nitrogen and oxygen atoms in total. The van der Waals surface area contributed by atoms with E-state index < -0.39 is 30.0 Å². The molecule has 33 heavy (non-hydrogen) atoms. The second kappa shape index (κ2) is 8.27. The van der Waals surface area contributed by atoms with E-state index in [4.69, 9.17) is 16.3 Å². The van der Waals surface area contributed by atoms with E-state index in [1.165, 1.54) is 28.6 Å². The monoisotopic (exact) mass is 480 g/mol. The zero-order chi connectivity index (χ0) is 24.1. The summed E-state index contributed by atoms with van der Waals surface area (Å²) < 4.78 is 46.8. The van der Waals surface area contributed by atoms with Crippen molar-refractivity contribution < 1.29 is 27.8 Å². The lowest BCUT2D eigenvalue weighted by Crippen LogP contribution is -2.52. The number of aliphatic hydroxyl groups is 1. The van der Waals surface area contributed by atoms with Gasteiger partial charge < -0.3 is 14.7 Å². The van der Waals surface area contributed by atoms with Crippen molar-refractivity contribution in [2.45, 2.75) is 25.5 Å². The molecule has 0 radical (unpaired) electrons. The zero-order valence-electron chi connectivity index (χ0n) is 17.8. The van der Waals surface area contributed by atoms with Crippen LogP contribution in [0.5, 0.6) is 11.8 Å². The normalized spacial score (nSPS) is 17.2. The number of amides is 1. The van der Waals surface area contributed by atoms with Gasteiger partial charge in [0.1, 0.15) is 5.75 Å². The minimum Gasteiger partial charge on any atom is -0.425 e. The van der Waals surface area contributed by atoms with Crippen molar-refractivity contribution in [3.8, 4) is 11.8 Å². The van der Waals surface area contributed by atoms with E-state index in [9.17, 15) is 23.1 Å². The van der Waals surface area contributed by atoms with E-state index in [0.717, 1.165) is 22.6 Å². The van der Waals surface area contributed by atoms with Crippen molar-refractivity contribution in [3.63, 3.8) is 0 Å². The fraction of sp³-hybridized carbons (Fsp3) is 0.273. The molecule has 1 N–H and O–H groups in total. The van der Waals surface area contributed by atoms with Crippen LogP contribution in [0.3, 0.4) is 0 Å². The minimum absolute atomic E-state index is 0.0931. The summed E-state index contributed by atoms with van der Waals surface area (Å²) in [7, 11) is 2.98. The number of carbonyl (C=O) groups excluding carboxylic acids is 1. The number of benzene rings is 2. The van der Waals surface area contributed by atoms with E-state index >= 15 is 0 Å². The quantitative estimate of drug-likeness (QED) is 0.583. The highest BCUT2D eigenvalue weighted by molar-refractivity contribution is 6.30. The second-order valence-electron chi connectivity index (χ2n) is 7.67. The summed E-state index contributed by atoms with van der Waals surface area (Å²) in [6.45, 7) is 1.79. The Kier molecular flexibility index (Phi) is 5.75. The van der Waals surface area contributed by atoms with E-state index in [0.29, 0.717) is 5.02 Å². The average Bonchev–Trinajstić information content (AvgIpc) is 3.15. The first-order chi connectivity index (χ1) is 15.5. The summed E-state index contributed by atoms with van der Waals surface area (Å²) in [6.07, 6.45) is -5.81. The zero-order valence-corrected chi connectivity index (χ0v) is 18.6. The third kappa shape index (κ3) is 4.11. The van der Waals surface area contributed by atoms with Crippen LogP contribution in [-0.4, -0.2) is 45.9 Å². The molecule has 0 fully saturated rings. The largest absolute Gasteiger partial charge is 0.425 e. The summed E-state index contributed by atoms with van der Waals surface area (Å²) in [4.78, 5) is 20.0. The molecule has 1 aromatic heterocycles. The van der Waals surface area contributed by atoms with Crippen LogP contribution in [0.1, 0.15) is 34.6 Å². The van der Waals surface area contributed by atoms with Crippen LogP contribution in [0.2, 0.25) is 5.02 Å². The Morgan fingerprint density at radius 3 is 2.42 bits per heavy atom. The van der Waals surface area contributed by atoms with Gasteiger partial charge in [-0.25, -0.2) is 0 Å². The van der Waals surface area contributed by atoms with Gasteiger partial charge in [0.05, 0.1) is 11.6 Å². The molecular formula is C22H20ClF3N4O3. The number of carbonyl (C=O) groups is 1. The molecule has 2 atom stereocenters. The Bertz CT molecular complexity index is 1200. The van der Waals surface area contributed by atoms with Crippen LogP contribution in [0.4, 0.5) is 19.0 Å². The van der Waals surface area contributed by atoms with E-state index in [1.807, 2.05) is 0 Å². The van der Waals surface area contributed by atoms with Gasteiger partial charge >= 0.3 is 12.2 Å². The molecular weight excluding hydrogens is 461 g/mol. The molecule has 2 heterocycles. The van der Waals surface area contributed by atoms with Crippen molar-refractivity contribution in [2.24, 2.45) is 0 Å². The van der Waals surface area contributed by atoms with E-state index in [1.54, 1.807) is 38.2 Å². The van der Waals surface area contributed by atoms with Gasteiger partial charge in [0, 0.05) is 19.1 Å². The van der Waals surface area contributed by atoms with Gasteiger partial charge in [0.25, 0.3) is 5.91 Å². The number of alkyl halides is 3. The minimum atomic E-state index is -4.55. The predicted octanol–water partition coefficient (Wildman–Crippen LogP) is 4.75. The van der Waals surface area contributed by atoms with Gasteiger partial charge in [0.2, 0.25) is 6.35 Å². The molecule has 0 saturated heterocycles. The van der Waals surface area contributed by atoms with Crippen molar-refractivity contribution >= 4 is 23.3 Å². The lowest BCUT2D eigenvalue weighted by atomic mass is 10.1. The molecule has 4 rings (SSSR count). The number of ether oxygens (including phenoxy) is 1. The van der Waals surface area contributed by atoms with Crippen LogP contribution in [0, 0.1) is 0 Å².